The molecule has 3 atom stereocenters. The van der Waals surface area contributed by atoms with Crippen LogP contribution < -0.4 is 14.4 Å². The van der Waals surface area contributed by atoms with E-state index in [4.69, 9.17) is 30.4 Å². The Balaban J connectivity index is 1.07. The van der Waals surface area contributed by atoms with Gasteiger partial charge in [-0.05, 0) is 75.1 Å². The van der Waals surface area contributed by atoms with Crippen molar-refractivity contribution >= 4 is 45.5 Å². The molecule has 8 rings (SSSR count). The normalized spacial score (nSPS) is 19.4. The Morgan fingerprint density at radius 2 is 1.52 bits per heavy atom. The molecule has 2 aromatic carbocycles. The van der Waals surface area contributed by atoms with Crippen molar-refractivity contribution in [3.8, 4) is 35.4 Å². The lowest BCUT2D eigenvalue weighted by atomic mass is 9.94. The third-order valence-electron chi connectivity index (χ3n) is 15.1. The molecule has 17 heteroatoms. The smallest absolute Gasteiger partial charge is 0.413 e. The number of piperazine rings is 1. The molecule has 2 bridgehead atoms. The van der Waals surface area contributed by atoms with Crippen molar-refractivity contribution < 1.29 is 50.9 Å². The summed E-state index contributed by atoms with van der Waals surface area (Å²) in [6.07, 6.45) is 22.7. The summed E-state index contributed by atoms with van der Waals surface area (Å²) in [5.74, 6) is 0.269. The number of anilines is 1. The second-order valence-electron chi connectivity index (χ2n) is 20.2. The third-order valence-corrected chi connectivity index (χ3v) is 15.1. The number of pyridine rings is 1. The summed E-state index contributed by atoms with van der Waals surface area (Å²) in [4.78, 5) is 58.8. The number of carbonyl (C=O) groups excluding carboxylic acids is 3. The zero-order chi connectivity index (χ0) is 51.5. The van der Waals surface area contributed by atoms with Crippen LogP contribution >= 0.6 is 0 Å². The van der Waals surface area contributed by atoms with E-state index in [-0.39, 0.29) is 114 Å². The number of benzene rings is 2. The van der Waals surface area contributed by atoms with E-state index < -0.39 is 48.1 Å². The molecular weight excluding hydrogens is 945 g/mol. The van der Waals surface area contributed by atoms with Crippen molar-refractivity contribution in [2.24, 2.45) is 0 Å². The first kappa shape index (κ1) is 53.3. The van der Waals surface area contributed by atoms with Crippen molar-refractivity contribution in [3.05, 3.63) is 59.3 Å². The maximum absolute atomic E-state index is 17.7. The van der Waals surface area contributed by atoms with Gasteiger partial charge in [-0.3, -0.25) is 24.4 Å². The Morgan fingerprint density at radius 1 is 0.849 bits per heavy atom. The zero-order valence-electron chi connectivity index (χ0n) is 42.3. The van der Waals surface area contributed by atoms with Crippen LogP contribution in [0.3, 0.4) is 0 Å². The van der Waals surface area contributed by atoms with Crippen LogP contribution in [0.5, 0.6) is 11.8 Å². The number of rotatable bonds is 24. The fraction of sp³-hybridized carbons (Fsp3) is 0.571. The number of amides is 1. The van der Waals surface area contributed by atoms with Crippen molar-refractivity contribution in [2.45, 2.75) is 166 Å². The van der Waals surface area contributed by atoms with Crippen molar-refractivity contribution in [3.63, 3.8) is 0 Å². The Hall–Kier alpha value is -6.02. The number of terminal acetylenes is 1. The number of unbranched alkanes of at least 4 members (excludes halogenated alkanes) is 12. The molecule has 1 amide bonds. The van der Waals surface area contributed by atoms with Gasteiger partial charge in [0.25, 0.3) is 6.08 Å². The number of nitrogens with zero attached hydrogens (tertiary/aromatic N) is 6. The topological polar surface area (TPSA) is 137 Å². The maximum Gasteiger partial charge on any atom is 0.413 e. The van der Waals surface area contributed by atoms with Crippen LogP contribution in [-0.4, -0.2) is 100.0 Å². The first-order valence-corrected chi connectivity index (χ1v) is 26.5. The predicted molar refractivity (Wildman–Crippen MR) is 270 cm³/mol. The summed E-state index contributed by atoms with van der Waals surface area (Å²) in [6.45, 7) is 5.07. The van der Waals surface area contributed by atoms with Crippen LogP contribution in [0.15, 0.2) is 42.1 Å². The van der Waals surface area contributed by atoms with E-state index in [2.05, 4.69) is 29.7 Å². The Bertz CT molecular complexity index is 2700. The minimum Gasteiger partial charge on any atom is -0.461 e. The lowest BCUT2D eigenvalue weighted by Crippen LogP contribution is -2.56. The van der Waals surface area contributed by atoms with Gasteiger partial charge in [-0.25, -0.2) is 13.6 Å². The molecule has 6 heterocycles. The highest BCUT2D eigenvalue weighted by molar-refractivity contribution is 6.03. The predicted octanol–water partition coefficient (Wildman–Crippen LogP) is 12.3. The molecule has 4 aliphatic rings. The standard InChI is InChI=1S/C56H68F4N6O7/c1-4-7-9-11-13-15-17-20-46(67)71-36-72-55(69)66-39-23-24-40(66)34-64(33-39)53-44-31-61-50(49(58)51(44)62-54(63-53)70-35-56-26-19-27-65(56)32-38(30-56)52(59)60)43-29-41(28-37-22-25-45(57)42(6-3)48(37)43)73-47(68)21-18-16-14-12-10-8-5-2/h3,22,25,28-29,31,39-40H,4-5,7-21,23-24,26-27,30,32-36H2,1-2H3. The summed E-state index contributed by atoms with van der Waals surface area (Å²) < 4.78 is 84.0. The largest absolute Gasteiger partial charge is 0.461 e. The van der Waals surface area contributed by atoms with Gasteiger partial charge in [0.2, 0.25) is 6.79 Å². The number of ether oxygens (including phenoxy) is 4. The van der Waals surface area contributed by atoms with Gasteiger partial charge >= 0.3 is 24.0 Å². The Morgan fingerprint density at radius 3 is 2.19 bits per heavy atom. The minimum atomic E-state index is -1.70. The van der Waals surface area contributed by atoms with E-state index in [0.717, 1.165) is 57.8 Å². The SMILES string of the molecule is C#Cc1c(F)ccc2cc(OC(=O)CCCCCCCCC)cc(-c3ncc4c(N5CC6CCC(C5)N6C(=O)OCOC(=O)CCCCCCCCC)nc(OCC56CCCN5CC(=C(F)F)C6)nc4c3F)c12. The second kappa shape index (κ2) is 24.8. The second-order valence-corrected chi connectivity index (χ2v) is 20.2. The molecule has 392 valence electrons. The summed E-state index contributed by atoms with van der Waals surface area (Å²) in [7, 11) is 0. The van der Waals surface area contributed by atoms with Gasteiger partial charge in [0.1, 0.15) is 35.2 Å². The summed E-state index contributed by atoms with van der Waals surface area (Å²) >= 11 is 0. The molecule has 4 fully saturated rings. The monoisotopic (exact) mass is 1010 g/mol. The highest BCUT2D eigenvalue weighted by Crippen LogP contribution is 2.44. The number of fused-ring (bicyclic) bond motifs is 5. The van der Waals surface area contributed by atoms with E-state index in [9.17, 15) is 23.2 Å². The molecule has 73 heavy (non-hydrogen) atoms. The molecular formula is C56H68F4N6O7. The highest BCUT2D eigenvalue weighted by atomic mass is 19.3. The maximum atomic E-state index is 17.7. The van der Waals surface area contributed by atoms with Crippen LogP contribution in [0, 0.1) is 24.0 Å². The van der Waals surface area contributed by atoms with E-state index in [1.54, 1.807) is 11.0 Å². The van der Waals surface area contributed by atoms with Gasteiger partial charge in [-0.2, -0.15) is 18.7 Å². The van der Waals surface area contributed by atoms with Crippen LogP contribution in [0.1, 0.15) is 154 Å². The van der Waals surface area contributed by atoms with Crippen LogP contribution in [0.25, 0.3) is 32.9 Å². The average Bonchev–Trinajstić information content (AvgIpc) is 4.03. The molecule has 0 N–H and O–H groups in total. The van der Waals surface area contributed by atoms with Gasteiger partial charge in [-0.15, -0.1) is 6.42 Å². The summed E-state index contributed by atoms with van der Waals surface area (Å²) in [5.41, 5.74) is -1.18. The number of halogens is 4. The van der Waals surface area contributed by atoms with Gasteiger partial charge < -0.3 is 23.8 Å². The van der Waals surface area contributed by atoms with E-state index in [0.29, 0.717) is 44.0 Å². The third kappa shape index (κ3) is 12.5. The molecule has 13 nitrogen and oxygen atoms in total. The van der Waals surface area contributed by atoms with Crippen LogP contribution in [0.2, 0.25) is 0 Å². The Labute approximate surface area is 425 Å². The number of hydrogen-bond donors (Lipinski definition) is 0. The van der Waals surface area contributed by atoms with Crippen molar-refractivity contribution in [1.29, 1.82) is 0 Å². The fourth-order valence-corrected chi connectivity index (χ4v) is 11.3. The molecule has 2 aromatic heterocycles. The first-order chi connectivity index (χ1) is 35.4. The van der Waals surface area contributed by atoms with E-state index in [1.165, 1.54) is 50.1 Å². The molecule has 0 spiro atoms. The fourth-order valence-electron chi connectivity index (χ4n) is 11.3. The first-order valence-electron chi connectivity index (χ1n) is 26.5. The molecule has 4 aliphatic heterocycles. The summed E-state index contributed by atoms with van der Waals surface area (Å²) in [6, 6.07) is 4.79. The lowest BCUT2D eigenvalue weighted by molar-refractivity contribution is -0.152. The molecule has 3 unspecified atom stereocenters. The van der Waals surface area contributed by atoms with Gasteiger partial charge in [0.15, 0.2) is 5.82 Å². The van der Waals surface area contributed by atoms with Gasteiger partial charge in [0.05, 0.1) is 28.6 Å². The van der Waals surface area contributed by atoms with Crippen molar-refractivity contribution in [2.75, 3.05) is 44.5 Å². The van der Waals surface area contributed by atoms with Crippen LogP contribution in [-0.2, 0) is 19.1 Å². The zero-order valence-corrected chi connectivity index (χ0v) is 42.3. The number of hydrogen-bond acceptors (Lipinski definition) is 12. The van der Waals surface area contributed by atoms with Gasteiger partial charge in [0, 0.05) is 55.2 Å². The molecule has 0 radical (unpaired) electrons. The van der Waals surface area contributed by atoms with Crippen LogP contribution in [0.4, 0.5) is 28.2 Å². The average molecular weight is 1010 g/mol. The number of carbonyl (C=O) groups is 3. The quantitative estimate of drug-likeness (QED) is 0.0165. The molecule has 4 saturated heterocycles. The molecule has 0 aliphatic carbocycles. The minimum absolute atomic E-state index is 0.0372. The van der Waals surface area contributed by atoms with Crippen molar-refractivity contribution in [1.82, 2.24) is 24.8 Å². The Kier molecular flexibility index (Phi) is 18.1. The number of esters is 2. The number of aromatic nitrogens is 3. The highest BCUT2D eigenvalue weighted by Gasteiger charge is 2.49. The summed E-state index contributed by atoms with van der Waals surface area (Å²) in [5, 5.41) is 0.787. The lowest BCUT2D eigenvalue weighted by Gasteiger charge is -2.41. The molecule has 0 saturated carbocycles. The molecule has 4 aromatic rings. The van der Waals surface area contributed by atoms with E-state index in [1.807, 2.05) is 9.80 Å². The van der Waals surface area contributed by atoms with Gasteiger partial charge in [-0.1, -0.05) is 103 Å². The van der Waals surface area contributed by atoms with E-state index >= 15 is 8.78 Å².